The Morgan fingerprint density at radius 3 is 2.09 bits per heavy atom. The summed E-state index contributed by atoms with van der Waals surface area (Å²) in [6, 6.07) is 17.0. The summed E-state index contributed by atoms with van der Waals surface area (Å²) in [7, 11) is 1.29. The smallest absolute Gasteiger partial charge is 0.338 e. The van der Waals surface area contributed by atoms with E-state index in [1.54, 1.807) is 48.5 Å². The van der Waals surface area contributed by atoms with Gasteiger partial charge in [0.25, 0.3) is 11.8 Å². The third-order valence-corrected chi connectivity index (χ3v) is 5.20. The number of fused-ring (bicyclic) bond motifs is 1. The molecule has 32 heavy (non-hydrogen) atoms. The molecule has 3 aromatic rings. The fourth-order valence-corrected chi connectivity index (χ4v) is 3.41. The van der Waals surface area contributed by atoms with Crippen LogP contribution in [-0.2, 0) is 16.1 Å². The minimum atomic E-state index is -0.643. The Kier molecular flexibility index (Phi) is 5.75. The van der Waals surface area contributed by atoms with Gasteiger partial charge >= 0.3 is 11.9 Å². The van der Waals surface area contributed by atoms with Crippen LogP contribution in [0.15, 0.2) is 66.7 Å². The van der Waals surface area contributed by atoms with E-state index in [4.69, 9.17) is 16.3 Å². The zero-order valence-electron chi connectivity index (χ0n) is 16.8. The van der Waals surface area contributed by atoms with Crippen molar-refractivity contribution < 1.29 is 28.7 Å². The van der Waals surface area contributed by atoms with E-state index in [2.05, 4.69) is 4.74 Å². The number of amides is 2. The first-order chi connectivity index (χ1) is 15.4. The van der Waals surface area contributed by atoms with E-state index in [1.807, 2.05) is 0 Å². The third kappa shape index (κ3) is 3.98. The molecule has 8 heteroatoms. The van der Waals surface area contributed by atoms with Crippen LogP contribution < -0.4 is 4.90 Å². The van der Waals surface area contributed by atoms with E-state index in [9.17, 15) is 19.2 Å². The molecule has 0 aromatic heterocycles. The minimum absolute atomic E-state index is 0.0266. The lowest BCUT2D eigenvalue weighted by Gasteiger charge is -2.13. The standard InChI is InChI=1S/C24H16ClNO6/c1-31-23(29)15-4-2-14(3-5-15)13-32-24(30)16-6-11-19-20(12-16)22(28)26(21(19)27)18-9-7-17(25)8-10-18/h2-12H,13H2,1H3. The normalized spacial score (nSPS) is 12.5. The van der Waals surface area contributed by atoms with E-state index in [1.165, 1.54) is 25.3 Å². The van der Waals surface area contributed by atoms with Gasteiger partial charge in [-0.05, 0) is 60.2 Å². The quantitative estimate of drug-likeness (QED) is 0.426. The second kappa shape index (κ2) is 8.64. The summed E-state index contributed by atoms with van der Waals surface area (Å²) in [4.78, 5) is 50.6. The summed E-state index contributed by atoms with van der Waals surface area (Å²) in [5, 5.41) is 0.482. The fraction of sp³-hybridized carbons (Fsp3) is 0.0833. The van der Waals surface area contributed by atoms with E-state index >= 15 is 0 Å². The van der Waals surface area contributed by atoms with Crippen molar-refractivity contribution in [1.29, 1.82) is 0 Å². The predicted molar refractivity (Wildman–Crippen MR) is 116 cm³/mol. The molecule has 0 fully saturated rings. The van der Waals surface area contributed by atoms with Crippen LogP contribution >= 0.6 is 11.6 Å². The molecule has 1 aliphatic heterocycles. The lowest BCUT2D eigenvalue weighted by atomic mass is 10.1. The lowest BCUT2D eigenvalue weighted by Crippen LogP contribution is -2.29. The number of esters is 2. The number of carbonyl (C=O) groups excluding carboxylic acids is 4. The first-order valence-corrected chi connectivity index (χ1v) is 9.89. The number of nitrogens with zero attached hydrogens (tertiary/aromatic N) is 1. The molecule has 4 rings (SSSR count). The number of halogens is 1. The van der Waals surface area contributed by atoms with Crippen molar-refractivity contribution in [2.24, 2.45) is 0 Å². The van der Waals surface area contributed by atoms with Crippen molar-refractivity contribution in [3.05, 3.63) is 99.6 Å². The zero-order chi connectivity index (χ0) is 22.8. The molecule has 160 valence electrons. The molecule has 7 nitrogen and oxygen atoms in total. The fourth-order valence-electron chi connectivity index (χ4n) is 3.28. The molecule has 1 heterocycles. The number of hydrogen-bond donors (Lipinski definition) is 0. The van der Waals surface area contributed by atoms with Gasteiger partial charge < -0.3 is 9.47 Å². The number of imide groups is 1. The van der Waals surface area contributed by atoms with Crippen molar-refractivity contribution in [2.75, 3.05) is 12.0 Å². The highest BCUT2D eigenvalue weighted by Crippen LogP contribution is 2.30. The molecule has 0 saturated carbocycles. The molecule has 3 aromatic carbocycles. The maximum atomic E-state index is 12.8. The van der Waals surface area contributed by atoms with Gasteiger partial charge in [0.1, 0.15) is 6.61 Å². The van der Waals surface area contributed by atoms with Crippen molar-refractivity contribution in [1.82, 2.24) is 0 Å². The van der Waals surface area contributed by atoms with Crippen LogP contribution in [0.1, 0.15) is 47.0 Å². The maximum Gasteiger partial charge on any atom is 0.338 e. The zero-order valence-corrected chi connectivity index (χ0v) is 17.6. The third-order valence-electron chi connectivity index (χ3n) is 4.95. The monoisotopic (exact) mass is 449 g/mol. The Balaban J connectivity index is 1.48. The van der Waals surface area contributed by atoms with Gasteiger partial charge in [-0.25, -0.2) is 14.5 Å². The molecule has 0 saturated heterocycles. The number of carbonyl (C=O) groups is 4. The molecule has 2 amide bonds. The van der Waals surface area contributed by atoms with Crippen molar-refractivity contribution in [2.45, 2.75) is 6.61 Å². The number of ether oxygens (including phenoxy) is 2. The molecule has 0 atom stereocenters. The van der Waals surface area contributed by atoms with Crippen LogP contribution in [0.3, 0.4) is 0 Å². The van der Waals surface area contributed by atoms with Crippen LogP contribution in [0, 0.1) is 0 Å². The Morgan fingerprint density at radius 2 is 1.44 bits per heavy atom. The molecule has 1 aliphatic rings. The molecule has 0 bridgehead atoms. The second-order valence-electron chi connectivity index (χ2n) is 6.95. The van der Waals surface area contributed by atoms with Crippen LogP contribution in [-0.4, -0.2) is 30.9 Å². The van der Waals surface area contributed by atoms with Gasteiger partial charge in [0.15, 0.2) is 0 Å². The Hall–Kier alpha value is -3.97. The summed E-state index contributed by atoms with van der Waals surface area (Å²) >= 11 is 5.88. The van der Waals surface area contributed by atoms with Gasteiger partial charge in [0.2, 0.25) is 0 Å². The Labute approximate surface area is 188 Å². The first-order valence-electron chi connectivity index (χ1n) is 9.52. The van der Waals surface area contributed by atoms with Crippen LogP contribution in [0.5, 0.6) is 0 Å². The van der Waals surface area contributed by atoms with Gasteiger partial charge in [-0.15, -0.1) is 0 Å². The summed E-state index contributed by atoms with van der Waals surface area (Å²) in [5.74, 6) is -2.10. The van der Waals surface area contributed by atoms with Gasteiger partial charge in [-0.2, -0.15) is 0 Å². The Bertz CT molecular complexity index is 1230. The molecule has 0 radical (unpaired) electrons. The van der Waals surface area contributed by atoms with E-state index < -0.39 is 23.8 Å². The number of benzene rings is 3. The molecular formula is C24H16ClNO6. The molecule has 0 N–H and O–H groups in total. The van der Waals surface area contributed by atoms with Crippen molar-refractivity contribution >= 4 is 41.0 Å². The largest absolute Gasteiger partial charge is 0.465 e. The van der Waals surface area contributed by atoms with E-state index in [-0.39, 0.29) is 23.3 Å². The number of methoxy groups -OCH3 is 1. The SMILES string of the molecule is COC(=O)c1ccc(COC(=O)c2ccc3c(c2)C(=O)N(c2ccc(Cl)cc2)C3=O)cc1. The van der Waals surface area contributed by atoms with Crippen molar-refractivity contribution in [3.8, 4) is 0 Å². The lowest BCUT2D eigenvalue weighted by molar-refractivity contribution is 0.0471. The first kappa shape index (κ1) is 21.3. The maximum absolute atomic E-state index is 12.8. The summed E-state index contributed by atoms with van der Waals surface area (Å²) < 4.78 is 9.95. The highest BCUT2D eigenvalue weighted by Gasteiger charge is 2.37. The average Bonchev–Trinajstić information content (AvgIpc) is 3.07. The number of rotatable bonds is 5. The Morgan fingerprint density at radius 1 is 0.812 bits per heavy atom. The number of hydrogen-bond acceptors (Lipinski definition) is 6. The van der Waals surface area contributed by atoms with Crippen LogP contribution in [0.2, 0.25) is 5.02 Å². The van der Waals surface area contributed by atoms with Crippen molar-refractivity contribution in [3.63, 3.8) is 0 Å². The summed E-state index contributed by atoms with van der Waals surface area (Å²) in [5.41, 5.74) is 1.93. The van der Waals surface area contributed by atoms with Gasteiger partial charge in [-0.3, -0.25) is 9.59 Å². The predicted octanol–water partition coefficient (Wildman–Crippen LogP) is 4.28. The highest BCUT2D eigenvalue weighted by atomic mass is 35.5. The van der Waals surface area contributed by atoms with E-state index in [0.29, 0.717) is 21.8 Å². The van der Waals surface area contributed by atoms with Gasteiger partial charge in [-0.1, -0.05) is 23.7 Å². The molecular weight excluding hydrogens is 434 g/mol. The topological polar surface area (TPSA) is 90.0 Å². The summed E-state index contributed by atoms with van der Waals surface area (Å²) in [6.07, 6.45) is 0. The minimum Gasteiger partial charge on any atom is -0.465 e. The summed E-state index contributed by atoms with van der Waals surface area (Å²) in [6.45, 7) is -0.0266. The highest BCUT2D eigenvalue weighted by molar-refractivity contribution is 6.35. The van der Waals surface area contributed by atoms with E-state index in [0.717, 1.165) is 4.90 Å². The molecule has 0 unspecified atom stereocenters. The molecule has 0 spiro atoms. The van der Waals surface area contributed by atoms with Crippen LogP contribution in [0.4, 0.5) is 5.69 Å². The van der Waals surface area contributed by atoms with Gasteiger partial charge in [0.05, 0.1) is 35.1 Å². The van der Waals surface area contributed by atoms with Crippen LogP contribution in [0.25, 0.3) is 0 Å². The second-order valence-corrected chi connectivity index (χ2v) is 7.38. The molecule has 0 aliphatic carbocycles. The number of anilines is 1. The average molecular weight is 450 g/mol. The van der Waals surface area contributed by atoms with Gasteiger partial charge in [0, 0.05) is 5.02 Å².